The van der Waals surface area contributed by atoms with Gasteiger partial charge in [-0.2, -0.15) is 5.26 Å². The Labute approximate surface area is 406 Å². The van der Waals surface area contributed by atoms with Gasteiger partial charge in [-0.15, -0.1) is 0 Å². The van der Waals surface area contributed by atoms with Gasteiger partial charge in [-0.3, -0.25) is 4.98 Å². The van der Waals surface area contributed by atoms with Crippen LogP contribution in [0.3, 0.4) is 0 Å². The van der Waals surface area contributed by atoms with Crippen molar-refractivity contribution in [2.24, 2.45) is 0 Å². The summed E-state index contributed by atoms with van der Waals surface area (Å²) in [6.07, 6.45) is 3.84. The van der Waals surface area contributed by atoms with Crippen LogP contribution in [0.4, 0.5) is 0 Å². The van der Waals surface area contributed by atoms with Crippen LogP contribution in [-0.2, 0) is 21.7 Å². The van der Waals surface area contributed by atoms with E-state index in [1.165, 1.54) is 54.6 Å². The zero-order valence-corrected chi connectivity index (χ0v) is 42.2. The number of benzene rings is 7. The smallest absolute Gasteiger partial charge is 0.104 e. The molecule has 4 heterocycles. The molecule has 4 aromatic heterocycles. The Balaban J connectivity index is 1.27. The molecule has 0 saturated heterocycles. The Bertz CT molecular complexity index is 3580. The summed E-state index contributed by atoms with van der Waals surface area (Å²) in [5.41, 5.74) is 16.8. The molecule has 0 fully saturated rings. The zero-order chi connectivity index (χ0) is 48.5. The topological polar surface area (TPSA) is 51.5 Å². The monoisotopic (exact) mass is 899 g/mol. The SMILES string of the molecule is CC(C)(C)c1ccc2c(c1)c1cc(C(C)(C)C)ccc1n2-c1cc(-c2cccc(-n3c4ccccc4c4ccncc43)c2)cc(-n2c3ccc(C(C)(C)C)cc3c3cc(C(C)(C)C)ccc32)c1C#N. The third kappa shape index (κ3) is 7.14. The van der Waals surface area contributed by atoms with Crippen molar-refractivity contribution in [3.05, 3.63) is 180 Å². The molecule has 0 aliphatic carbocycles. The van der Waals surface area contributed by atoms with Crippen molar-refractivity contribution >= 4 is 65.4 Å². The summed E-state index contributed by atoms with van der Waals surface area (Å²) < 4.78 is 7.05. The Kier molecular flexibility index (Phi) is 9.78. The summed E-state index contributed by atoms with van der Waals surface area (Å²) in [5.74, 6) is 0. The fourth-order valence-electron chi connectivity index (χ4n) is 10.6. The van der Waals surface area contributed by atoms with Crippen LogP contribution in [0.25, 0.3) is 93.6 Å². The minimum absolute atomic E-state index is 0.0527. The lowest BCUT2D eigenvalue weighted by Gasteiger charge is -2.21. The van der Waals surface area contributed by atoms with Gasteiger partial charge in [0.15, 0.2) is 0 Å². The molecule has 0 saturated carbocycles. The lowest BCUT2D eigenvalue weighted by Crippen LogP contribution is -2.11. The maximum absolute atomic E-state index is 11.8. The van der Waals surface area contributed by atoms with Crippen LogP contribution in [0.5, 0.6) is 0 Å². The predicted octanol–water partition coefficient (Wildman–Crippen LogP) is 17.1. The van der Waals surface area contributed by atoms with Crippen LogP contribution in [0.2, 0.25) is 0 Å². The molecule has 0 radical (unpaired) electrons. The number of aromatic nitrogens is 4. The molecule has 0 aliphatic heterocycles. The van der Waals surface area contributed by atoms with Gasteiger partial charge in [0.1, 0.15) is 11.6 Å². The Hall–Kier alpha value is -7.42. The second-order valence-electron chi connectivity index (χ2n) is 23.4. The average Bonchev–Trinajstić information content (AvgIpc) is 3.94. The fraction of sp³-hybridized carbons (Fsp3) is 0.250. The van der Waals surface area contributed by atoms with Gasteiger partial charge in [-0.1, -0.05) is 138 Å². The standard InChI is InChI=1S/C64H61N5/c1-61(2,3)41-20-24-54-48(33-41)49-34-42(62(4,5)6)21-25-55(49)68(54)58-31-40(39-16-15-17-45(30-39)67-53-19-14-13-18-46(53)47-28-29-66-38-60(47)67)32-59(52(58)37-65)69-56-26-22-43(63(7,8)9)35-50(56)51-36-44(64(10,11)12)23-27-57(51)69/h13-36,38H,1-12H3. The summed E-state index contributed by atoms with van der Waals surface area (Å²) in [7, 11) is 0. The van der Waals surface area contributed by atoms with E-state index in [2.05, 4.69) is 247 Å². The number of hydrogen-bond donors (Lipinski definition) is 0. The van der Waals surface area contributed by atoms with Crippen molar-refractivity contribution in [3.63, 3.8) is 0 Å². The molecule has 0 amide bonds. The van der Waals surface area contributed by atoms with Gasteiger partial charge in [0.2, 0.25) is 0 Å². The first-order chi connectivity index (χ1) is 32.7. The van der Waals surface area contributed by atoms with E-state index in [0.29, 0.717) is 5.56 Å². The van der Waals surface area contributed by atoms with E-state index in [4.69, 9.17) is 0 Å². The molecule has 11 aromatic rings. The lowest BCUT2D eigenvalue weighted by atomic mass is 9.85. The molecule has 0 aliphatic rings. The number of rotatable bonds is 4. The summed E-state index contributed by atoms with van der Waals surface area (Å²) in [6, 6.07) is 54.6. The fourth-order valence-corrected chi connectivity index (χ4v) is 10.6. The van der Waals surface area contributed by atoms with E-state index in [0.717, 1.165) is 61.3 Å². The minimum atomic E-state index is -0.0527. The molecule has 69 heavy (non-hydrogen) atoms. The maximum atomic E-state index is 11.8. The average molecular weight is 900 g/mol. The largest absolute Gasteiger partial charge is 0.308 e. The molecule has 0 unspecified atom stereocenters. The molecule has 0 spiro atoms. The van der Waals surface area contributed by atoms with Crippen molar-refractivity contribution in [1.29, 1.82) is 5.26 Å². The number of hydrogen-bond acceptors (Lipinski definition) is 2. The number of nitriles is 1. The summed E-state index contributed by atoms with van der Waals surface area (Å²) in [6.45, 7) is 27.4. The van der Waals surface area contributed by atoms with Crippen LogP contribution in [0.1, 0.15) is 111 Å². The second kappa shape index (κ2) is 15.3. The van der Waals surface area contributed by atoms with Crippen LogP contribution in [0, 0.1) is 11.3 Å². The first-order valence-electron chi connectivity index (χ1n) is 24.4. The van der Waals surface area contributed by atoms with Crippen LogP contribution >= 0.6 is 0 Å². The molecule has 0 bridgehead atoms. The first-order valence-corrected chi connectivity index (χ1v) is 24.4. The third-order valence-electron chi connectivity index (χ3n) is 14.6. The van der Waals surface area contributed by atoms with Crippen molar-refractivity contribution in [3.8, 4) is 34.3 Å². The molecule has 0 N–H and O–H groups in total. The highest BCUT2D eigenvalue weighted by atomic mass is 15.0. The summed E-state index contributed by atoms with van der Waals surface area (Å²) in [5, 5.41) is 18.9. The van der Waals surface area contributed by atoms with Crippen molar-refractivity contribution in [2.75, 3.05) is 0 Å². The highest BCUT2D eigenvalue weighted by molar-refractivity contribution is 6.12. The van der Waals surface area contributed by atoms with Gasteiger partial charge in [-0.05, 0) is 140 Å². The van der Waals surface area contributed by atoms with E-state index in [-0.39, 0.29) is 21.7 Å². The predicted molar refractivity (Wildman–Crippen MR) is 292 cm³/mol. The molecule has 5 heteroatoms. The van der Waals surface area contributed by atoms with E-state index >= 15 is 0 Å². The normalized spacial score (nSPS) is 12.9. The third-order valence-corrected chi connectivity index (χ3v) is 14.6. The number of nitrogens with zero attached hydrogens (tertiary/aromatic N) is 5. The molecule has 342 valence electrons. The van der Waals surface area contributed by atoms with Crippen molar-refractivity contribution in [1.82, 2.24) is 18.7 Å². The second-order valence-corrected chi connectivity index (χ2v) is 23.4. The maximum Gasteiger partial charge on any atom is 0.104 e. The first kappa shape index (κ1) is 44.1. The van der Waals surface area contributed by atoms with Crippen LogP contribution in [-0.4, -0.2) is 18.7 Å². The minimum Gasteiger partial charge on any atom is -0.308 e. The van der Waals surface area contributed by atoms with Gasteiger partial charge in [0.05, 0.1) is 50.7 Å². The van der Waals surface area contributed by atoms with Gasteiger partial charge in [0, 0.05) is 44.2 Å². The molecule has 11 rings (SSSR count). The van der Waals surface area contributed by atoms with Crippen molar-refractivity contribution in [2.45, 2.75) is 105 Å². The summed E-state index contributed by atoms with van der Waals surface area (Å²) >= 11 is 0. The number of fused-ring (bicyclic) bond motifs is 9. The molecule has 7 aromatic carbocycles. The van der Waals surface area contributed by atoms with E-state index in [1.54, 1.807) is 0 Å². The van der Waals surface area contributed by atoms with E-state index in [1.807, 2.05) is 12.4 Å². The Morgan fingerprint density at radius 3 is 1.23 bits per heavy atom. The molecular weight excluding hydrogens is 839 g/mol. The van der Waals surface area contributed by atoms with Crippen molar-refractivity contribution < 1.29 is 0 Å². The van der Waals surface area contributed by atoms with Gasteiger partial charge >= 0.3 is 0 Å². The van der Waals surface area contributed by atoms with Crippen LogP contribution in [0.15, 0.2) is 152 Å². The molecule has 5 nitrogen and oxygen atoms in total. The van der Waals surface area contributed by atoms with E-state index < -0.39 is 0 Å². The van der Waals surface area contributed by atoms with Crippen LogP contribution < -0.4 is 0 Å². The van der Waals surface area contributed by atoms with E-state index in [9.17, 15) is 5.26 Å². The molecular formula is C64H61N5. The number of pyridine rings is 1. The highest BCUT2D eigenvalue weighted by Gasteiger charge is 2.27. The number of para-hydroxylation sites is 1. The Morgan fingerprint density at radius 1 is 0.377 bits per heavy atom. The zero-order valence-electron chi connectivity index (χ0n) is 42.2. The van der Waals surface area contributed by atoms with Gasteiger partial charge in [-0.25, -0.2) is 0 Å². The quantitative estimate of drug-likeness (QED) is 0.177. The summed E-state index contributed by atoms with van der Waals surface area (Å²) in [4.78, 5) is 4.59. The molecule has 0 atom stereocenters. The highest BCUT2D eigenvalue weighted by Crippen LogP contribution is 2.44. The lowest BCUT2D eigenvalue weighted by molar-refractivity contribution is 0.590. The van der Waals surface area contributed by atoms with Gasteiger partial charge in [0.25, 0.3) is 0 Å². The Morgan fingerprint density at radius 2 is 0.797 bits per heavy atom. The van der Waals surface area contributed by atoms with Gasteiger partial charge < -0.3 is 13.7 Å².